The molecule has 4 nitrogen and oxygen atoms in total. The molecule has 2 aliphatic heterocycles. The van der Waals surface area contributed by atoms with E-state index in [0.717, 1.165) is 46.8 Å². The van der Waals surface area contributed by atoms with Gasteiger partial charge in [-0.2, -0.15) is 0 Å². The van der Waals surface area contributed by atoms with Crippen LogP contribution in [-0.2, 0) is 18.4 Å². The second-order valence-electron chi connectivity index (χ2n) is 5.28. The van der Waals surface area contributed by atoms with Crippen molar-refractivity contribution < 1.29 is 19.3 Å². The van der Waals surface area contributed by atoms with Crippen LogP contribution in [0.15, 0.2) is 0 Å². The maximum absolute atomic E-state index is 10.4. The number of hydrogen-bond donors (Lipinski definition) is 1. The van der Waals surface area contributed by atoms with Crippen LogP contribution in [0, 0.1) is 0 Å². The summed E-state index contributed by atoms with van der Waals surface area (Å²) in [5.41, 5.74) is 1.98. The van der Waals surface area contributed by atoms with Gasteiger partial charge in [0.2, 0.25) is 0 Å². The largest absolute Gasteiger partial charge is 0.492 e. The molecule has 18 heavy (non-hydrogen) atoms. The summed E-state index contributed by atoms with van der Waals surface area (Å²) in [6, 6.07) is 0. The lowest BCUT2D eigenvalue weighted by Crippen LogP contribution is -2.19. The fourth-order valence-corrected chi connectivity index (χ4v) is 2.93. The Balaban J connectivity index is 2.34. The third-order valence-electron chi connectivity index (χ3n) is 3.57. The topological polar surface area (TPSA) is 47.9 Å². The first kappa shape index (κ1) is 11.7. The van der Waals surface area contributed by atoms with Gasteiger partial charge in [0, 0.05) is 29.5 Å². The third kappa shape index (κ3) is 1.48. The molecule has 0 amide bonds. The van der Waals surface area contributed by atoms with E-state index in [4.69, 9.17) is 14.2 Å². The predicted octanol–water partition coefficient (Wildman–Crippen LogP) is 1.79. The zero-order chi connectivity index (χ0) is 12.9. The first-order valence-electron chi connectivity index (χ1n) is 6.28. The lowest BCUT2D eigenvalue weighted by atomic mass is 9.88. The summed E-state index contributed by atoms with van der Waals surface area (Å²) in [6.07, 6.45) is 1.60. The Morgan fingerprint density at radius 3 is 2.28 bits per heavy atom. The average Bonchev–Trinajstić information content (AvgIpc) is 2.90. The molecule has 0 saturated heterocycles. The highest BCUT2D eigenvalue weighted by atomic mass is 16.5. The van der Waals surface area contributed by atoms with Crippen molar-refractivity contribution in [1.29, 1.82) is 0 Å². The van der Waals surface area contributed by atoms with Gasteiger partial charge in [-0.05, 0) is 13.8 Å². The van der Waals surface area contributed by atoms with Crippen LogP contribution in [0.2, 0.25) is 0 Å². The van der Waals surface area contributed by atoms with Gasteiger partial charge in [-0.3, -0.25) is 0 Å². The number of methoxy groups -OCH3 is 1. The molecule has 1 aromatic rings. The molecule has 0 aromatic heterocycles. The van der Waals surface area contributed by atoms with Crippen molar-refractivity contribution >= 4 is 0 Å². The smallest absolute Gasteiger partial charge is 0.168 e. The minimum absolute atomic E-state index is 0.637. The van der Waals surface area contributed by atoms with E-state index in [9.17, 15) is 5.11 Å². The van der Waals surface area contributed by atoms with E-state index < -0.39 is 5.60 Å². The molecular formula is C14H18O4. The van der Waals surface area contributed by atoms with Crippen LogP contribution in [0.4, 0.5) is 0 Å². The highest BCUT2D eigenvalue weighted by Crippen LogP contribution is 2.51. The van der Waals surface area contributed by atoms with Crippen LogP contribution < -0.4 is 14.2 Å². The molecule has 0 aliphatic carbocycles. The molecule has 0 atom stereocenters. The lowest BCUT2D eigenvalue weighted by Gasteiger charge is -2.24. The molecule has 0 unspecified atom stereocenters. The Bertz CT molecular complexity index is 464. The molecule has 0 bridgehead atoms. The molecular weight excluding hydrogens is 232 g/mol. The fraction of sp³-hybridized carbons (Fsp3) is 0.571. The van der Waals surface area contributed by atoms with Crippen molar-refractivity contribution in [3.63, 3.8) is 0 Å². The van der Waals surface area contributed by atoms with Crippen LogP contribution in [0.25, 0.3) is 0 Å². The number of benzene rings is 1. The Morgan fingerprint density at radius 1 is 1.06 bits per heavy atom. The molecule has 1 N–H and O–H groups in total. The van der Waals surface area contributed by atoms with Crippen LogP contribution in [-0.4, -0.2) is 25.4 Å². The Hall–Kier alpha value is -1.42. The minimum Gasteiger partial charge on any atom is -0.492 e. The van der Waals surface area contributed by atoms with Crippen molar-refractivity contribution in [2.45, 2.75) is 32.3 Å². The summed E-state index contributed by atoms with van der Waals surface area (Å²) in [4.78, 5) is 0. The van der Waals surface area contributed by atoms with Crippen molar-refractivity contribution in [3.05, 3.63) is 16.7 Å². The van der Waals surface area contributed by atoms with Crippen LogP contribution in [0.5, 0.6) is 17.2 Å². The van der Waals surface area contributed by atoms with E-state index in [1.165, 1.54) is 0 Å². The molecule has 4 heteroatoms. The molecule has 0 fully saturated rings. The third-order valence-corrected chi connectivity index (χ3v) is 3.57. The van der Waals surface area contributed by atoms with Crippen LogP contribution in [0.1, 0.15) is 30.5 Å². The minimum atomic E-state index is -0.932. The summed E-state index contributed by atoms with van der Waals surface area (Å²) in [6.45, 7) is 4.85. The molecule has 1 aromatic carbocycles. The van der Waals surface area contributed by atoms with E-state index in [0.29, 0.717) is 13.2 Å². The van der Waals surface area contributed by atoms with E-state index >= 15 is 0 Å². The van der Waals surface area contributed by atoms with Crippen molar-refractivity contribution in [2.75, 3.05) is 20.3 Å². The van der Waals surface area contributed by atoms with Gasteiger partial charge in [0.25, 0.3) is 0 Å². The second kappa shape index (κ2) is 3.79. The number of hydrogen-bond acceptors (Lipinski definition) is 4. The average molecular weight is 250 g/mol. The maximum atomic E-state index is 10.4. The van der Waals surface area contributed by atoms with Crippen molar-refractivity contribution in [3.8, 4) is 17.2 Å². The number of ether oxygens (including phenoxy) is 3. The van der Waals surface area contributed by atoms with E-state index in [-0.39, 0.29) is 0 Å². The standard InChI is InChI=1S/C14H18O4/c1-14(2,15)10-8-4-6-18-13(8)12(16-3)9-5-7-17-11(9)10/h15H,4-7H2,1-3H3. The Morgan fingerprint density at radius 2 is 1.67 bits per heavy atom. The fourth-order valence-electron chi connectivity index (χ4n) is 2.93. The van der Waals surface area contributed by atoms with Crippen LogP contribution >= 0.6 is 0 Å². The summed E-state index contributed by atoms with van der Waals surface area (Å²) in [7, 11) is 1.65. The number of rotatable bonds is 2. The SMILES string of the molecule is COc1c2c(c(C(C)(C)O)c3c1OCC3)OCC2. The molecule has 0 radical (unpaired) electrons. The summed E-state index contributed by atoms with van der Waals surface area (Å²) >= 11 is 0. The maximum Gasteiger partial charge on any atom is 0.168 e. The van der Waals surface area contributed by atoms with Gasteiger partial charge >= 0.3 is 0 Å². The van der Waals surface area contributed by atoms with Gasteiger partial charge in [-0.1, -0.05) is 0 Å². The summed E-state index contributed by atoms with van der Waals surface area (Å²) in [5, 5.41) is 10.4. The lowest BCUT2D eigenvalue weighted by molar-refractivity contribution is 0.0746. The zero-order valence-corrected chi connectivity index (χ0v) is 11.0. The monoisotopic (exact) mass is 250 g/mol. The van der Waals surface area contributed by atoms with E-state index in [1.807, 2.05) is 0 Å². The highest BCUT2D eigenvalue weighted by molar-refractivity contribution is 5.66. The van der Waals surface area contributed by atoms with Gasteiger partial charge in [-0.25, -0.2) is 0 Å². The summed E-state index contributed by atoms with van der Waals surface area (Å²) in [5.74, 6) is 2.37. The van der Waals surface area contributed by atoms with Crippen LogP contribution in [0.3, 0.4) is 0 Å². The molecule has 3 rings (SSSR count). The Labute approximate surface area is 106 Å². The van der Waals surface area contributed by atoms with Crippen molar-refractivity contribution in [2.24, 2.45) is 0 Å². The molecule has 2 heterocycles. The first-order valence-corrected chi connectivity index (χ1v) is 6.28. The van der Waals surface area contributed by atoms with E-state index in [1.54, 1.807) is 21.0 Å². The second-order valence-corrected chi connectivity index (χ2v) is 5.28. The van der Waals surface area contributed by atoms with E-state index in [2.05, 4.69) is 0 Å². The van der Waals surface area contributed by atoms with Gasteiger partial charge in [0.05, 0.1) is 25.9 Å². The quantitative estimate of drug-likeness (QED) is 0.869. The molecule has 98 valence electrons. The number of aliphatic hydroxyl groups is 1. The summed E-state index contributed by atoms with van der Waals surface area (Å²) < 4.78 is 16.9. The first-order chi connectivity index (χ1) is 8.54. The van der Waals surface area contributed by atoms with Crippen molar-refractivity contribution in [1.82, 2.24) is 0 Å². The van der Waals surface area contributed by atoms with Gasteiger partial charge in [-0.15, -0.1) is 0 Å². The molecule has 0 saturated carbocycles. The van der Waals surface area contributed by atoms with Gasteiger partial charge < -0.3 is 19.3 Å². The predicted molar refractivity (Wildman–Crippen MR) is 66.6 cm³/mol. The molecule has 2 aliphatic rings. The molecule has 0 spiro atoms. The zero-order valence-electron chi connectivity index (χ0n) is 11.0. The van der Waals surface area contributed by atoms with Gasteiger partial charge in [0.1, 0.15) is 5.75 Å². The number of fused-ring (bicyclic) bond motifs is 2. The Kier molecular flexibility index (Phi) is 2.45. The normalized spacial score (nSPS) is 16.9. The van der Waals surface area contributed by atoms with Gasteiger partial charge in [0.15, 0.2) is 11.5 Å². The highest BCUT2D eigenvalue weighted by Gasteiger charge is 2.37.